The number of ether oxygens (including phenoxy) is 1. The number of rotatable bonds is 7. The lowest BCUT2D eigenvalue weighted by Gasteiger charge is -2.27. The fourth-order valence-corrected chi connectivity index (χ4v) is 4.07. The zero-order chi connectivity index (χ0) is 27.5. The van der Waals surface area contributed by atoms with Gasteiger partial charge in [0.2, 0.25) is 5.91 Å². The van der Waals surface area contributed by atoms with Gasteiger partial charge in [-0.3, -0.25) is 14.4 Å². The second kappa shape index (κ2) is 10.6. The molecule has 38 heavy (non-hydrogen) atoms. The van der Waals surface area contributed by atoms with E-state index in [2.05, 4.69) is 20.8 Å². The highest BCUT2D eigenvalue weighted by atomic mass is 19.4. The van der Waals surface area contributed by atoms with Crippen molar-refractivity contribution in [3.05, 3.63) is 87.6 Å². The summed E-state index contributed by atoms with van der Waals surface area (Å²) in [5.41, 5.74) is -2.84. The largest absolute Gasteiger partial charge is 0.418 e. The summed E-state index contributed by atoms with van der Waals surface area (Å²) in [7, 11) is 1.39. The highest BCUT2D eigenvalue weighted by molar-refractivity contribution is 5.99. The predicted molar refractivity (Wildman–Crippen MR) is 128 cm³/mol. The summed E-state index contributed by atoms with van der Waals surface area (Å²) in [4.78, 5) is 38.3. The van der Waals surface area contributed by atoms with Gasteiger partial charge in [-0.1, -0.05) is 18.2 Å². The van der Waals surface area contributed by atoms with Crippen LogP contribution in [-0.4, -0.2) is 47.8 Å². The first-order chi connectivity index (χ1) is 18.0. The third-order valence-corrected chi connectivity index (χ3v) is 6.17. The van der Waals surface area contributed by atoms with Crippen LogP contribution in [0.5, 0.6) is 0 Å². The van der Waals surface area contributed by atoms with Gasteiger partial charge in [0.15, 0.2) is 0 Å². The zero-order valence-electron chi connectivity index (χ0n) is 20.1. The molecule has 2 heterocycles. The van der Waals surface area contributed by atoms with E-state index in [-0.39, 0.29) is 48.7 Å². The highest BCUT2D eigenvalue weighted by Gasteiger charge is 2.44. The van der Waals surface area contributed by atoms with E-state index in [0.717, 1.165) is 24.4 Å². The Kier molecular flexibility index (Phi) is 7.49. The number of amides is 2. The molecule has 200 valence electrons. The van der Waals surface area contributed by atoms with Crippen LogP contribution in [0.4, 0.5) is 28.9 Å². The average Bonchev–Trinajstić information content (AvgIpc) is 3.36. The fraction of sp³-hybridized carbons (Fsp3) is 0.280. The minimum atomic E-state index is -4.59. The summed E-state index contributed by atoms with van der Waals surface area (Å²) < 4.78 is 60.4. The molecule has 3 N–H and O–H groups in total. The lowest BCUT2D eigenvalue weighted by molar-refractivity contribution is -0.137. The van der Waals surface area contributed by atoms with Crippen molar-refractivity contribution < 1.29 is 31.9 Å². The van der Waals surface area contributed by atoms with Crippen LogP contribution >= 0.6 is 0 Å². The van der Waals surface area contributed by atoms with Crippen molar-refractivity contribution in [2.24, 2.45) is 0 Å². The number of hydrogen-bond acceptors (Lipinski definition) is 6. The van der Waals surface area contributed by atoms with Crippen LogP contribution in [-0.2, 0) is 22.3 Å². The number of carbonyl (C=O) groups excluding carboxylic acids is 2. The van der Waals surface area contributed by atoms with Gasteiger partial charge in [0.1, 0.15) is 11.4 Å². The lowest BCUT2D eigenvalue weighted by Crippen LogP contribution is -2.59. The maximum Gasteiger partial charge on any atom is 0.418 e. The number of benzene rings is 2. The van der Waals surface area contributed by atoms with E-state index in [0.29, 0.717) is 0 Å². The number of hydrogen-bond donors (Lipinski definition) is 3. The van der Waals surface area contributed by atoms with E-state index in [9.17, 15) is 31.9 Å². The van der Waals surface area contributed by atoms with E-state index in [1.807, 2.05) is 0 Å². The molecule has 4 rings (SSSR count). The molecule has 9 nitrogen and oxygen atoms in total. The highest BCUT2D eigenvalue weighted by Crippen LogP contribution is 2.38. The molecule has 1 atom stereocenters. The molecule has 2 amide bonds. The second-order valence-corrected chi connectivity index (χ2v) is 8.71. The smallest absolute Gasteiger partial charge is 0.378 e. The van der Waals surface area contributed by atoms with Gasteiger partial charge in [-0.05, 0) is 24.3 Å². The summed E-state index contributed by atoms with van der Waals surface area (Å²) in [6, 6.07) is 9.86. The van der Waals surface area contributed by atoms with E-state index in [1.165, 1.54) is 42.3 Å². The predicted octanol–water partition coefficient (Wildman–Crippen LogP) is 2.90. The molecule has 1 aromatic heterocycles. The van der Waals surface area contributed by atoms with E-state index < -0.39 is 40.5 Å². The minimum absolute atomic E-state index is 0.0503. The van der Waals surface area contributed by atoms with Gasteiger partial charge < -0.3 is 20.3 Å². The fourth-order valence-electron chi connectivity index (χ4n) is 4.07. The molecular formula is C25H23F4N5O4. The number of H-pyrrole nitrogens is 1. The number of carbonyl (C=O) groups is 2. The number of alkyl halides is 3. The van der Waals surface area contributed by atoms with Crippen molar-refractivity contribution in [2.75, 3.05) is 25.2 Å². The first-order valence-corrected chi connectivity index (χ1v) is 11.4. The number of halogens is 4. The Morgan fingerprint density at radius 1 is 1.18 bits per heavy atom. The molecule has 3 aromatic rings. The molecule has 2 aromatic carbocycles. The van der Waals surface area contributed by atoms with Crippen LogP contribution in [0.2, 0.25) is 0 Å². The van der Waals surface area contributed by atoms with Crippen molar-refractivity contribution in [3.63, 3.8) is 0 Å². The SMILES string of the molecule is CN(c1ccc(CNC(=O)[C@]2(NC(=O)c3cn[nH]c(=O)c3)CCOC2)c(F)c1)c1ccccc1C(F)(F)F. The number of nitrogens with zero attached hydrogens (tertiary/aromatic N) is 2. The molecule has 1 fully saturated rings. The van der Waals surface area contributed by atoms with Gasteiger partial charge in [-0.15, -0.1) is 0 Å². The van der Waals surface area contributed by atoms with Crippen molar-refractivity contribution in [3.8, 4) is 0 Å². The molecule has 1 saturated heterocycles. The molecule has 1 aliphatic rings. The first kappa shape index (κ1) is 26.8. The second-order valence-electron chi connectivity index (χ2n) is 8.71. The molecule has 0 radical (unpaired) electrons. The van der Waals surface area contributed by atoms with Gasteiger partial charge >= 0.3 is 6.18 Å². The molecule has 1 aliphatic heterocycles. The van der Waals surface area contributed by atoms with E-state index in [4.69, 9.17) is 4.74 Å². The summed E-state index contributed by atoms with van der Waals surface area (Å²) >= 11 is 0. The number of anilines is 2. The van der Waals surface area contributed by atoms with Gasteiger partial charge in [-0.25, -0.2) is 9.49 Å². The summed E-state index contributed by atoms with van der Waals surface area (Å²) in [6.45, 7) is -0.194. The number of aromatic nitrogens is 2. The molecule has 0 bridgehead atoms. The summed E-state index contributed by atoms with van der Waals surface area (Å²) in [6.07, 6.45) is -3.30. The Balaban J connectivity index is 1.47. The monoisotopic (exact) mass is 533 g/mol. The van der Waals surface area contributed by atoms with Crippen molar-refractivity contribution in [1.29, 1.82) is 0 Å². The number of nitrogens with one attached hydrogen (secondary N) is 3. The maximum absolute atomic E-state index is 14.9. The topological polar surface area (TPSA) is 116 Å². The third kappa shape index (κ3) is 5.67. The number of para-hydroxylation sites is 1. The molecule has 0 spiro atoms. The third-order valence-electron chi connectivity index (χ3n) is 6.17. The Morgan fingerprint density at radius 2 is 1.95 bits per heavy atom. The van der Waals surface area contributed by atoms with Gasteiger partial charge in [-0.2, -0.15) is 18.3 Å². The lowest BCUT2D eigenvalue weighted by atomic mass is 9.96. The van der Waals surface area contributed by atoms with Gasteiger partial charge in [0, 0.05) is 43.9 Å². The molecule has 0 saturated carbocycles. The summed E-state index contributed by atoms with van der Waals surface area (Å²) in [5.74, 6) is -2.07. The van der Waals surface area contributed by atoms with E-state index >= 15 is 0 Å². The normalized spacial score (nSPS) is 17.2. The van der Waals surface area contributed by atoms with Crippen molar-refractivity contribution in [1.82, 2.24) is 20.8 Å². The van der Waals surface area contributed by atoms with Crippen LogP contribution in [0.1, 0.15) is 27.9 Å². The quantitative estimate of drug-likeness (QED) is 0.403. The van der Waals surface area contributed by atoms with Crippen LogP contribution in [0.25, 0.3) is 0 Å². The molecule has 13 heteroatoms. The first-order valence-electron chi connectivity index (χ1n) is 11.4. The van der Waals surface area contributed by atoms with Crippen LogP contribution in [0, 0.1) is 5.82 Å². The number of aromatic amines is 1. The Labute approximate surface area is 213 Å². The minimum Gasteiger partial charge on any atom is -0.378 e. The molecular weight excluding hydrogens is 510 g/mol. The van der Waals surface area contributed by atoms with Crippen molar-refractivity contribution >= 4 is 23.2 Å². The Hall–Kier alpha value is -4.26. The van der Waals surface area contributed by atoms with Crippen LogP contribution < -0.4 is 21.1 Å². The summed E-state index contributed by atoms with van der Waals surface area (Å²) in [5, 5.41) is 10.9. The van der Waals surface area contributed by atoms with Crippen LogP contribution in [0.3, 0.4) is 0 Å². The molecule has 0 aliphatic carbocycles. The standard InChI is InChI=1S/C25H23F4N5O4/c1-34(20-5-3-2-4-18(20)25(27,28)29)17-7-6-15(19(26)11-17)12-30-23(37)24(8-9-38-14-24)32-22(36)16-10-21(35)33-31-13-16/h2-7,10-11,13H,8-9,12,14H2,1H3,(H,30,37)(H,32,36)(H,33,35)/t24-/m0/s1. The van der Waals surface area contributed by atoms with Gasteiger partial charge in [0.25, 0.3) is 11.5 Å². The average molecular weight is 533 g/mol. The van der Waals surface area contributed by atoms with E-state index in [1.54, 1.807) is 0 Å². The maximum atomic E-state index is 14.9. The van der Waals surface area contributed by atoms with Crippen LogP contribution in [0.15, 0.2) is 59.5 Å². The Bertz CT molecular complexity index is 1400. The Morgan fingerprint density at radius 3 is 2.61 bits per heavy atom. The molecule has 0 unspecified atom stereocenters. The van der Waals surface area contributed by atoms with Crippen molar-refractivity contribution in [2.45, 2.75) is 24.7 Å². The zero-order valence-corrected chi connectivity index (χ0v) is 20.1. The van der Waals surface area contributed by atoms with Gasteiger partial charge in [0.05, 0.1) is 29.6 Å².